The van der Waals surface area contributed by atoms with Crippen molar-refractivity contribution in [2.24, 2.45) is 11.8 Å². The molecule has 1 amide bonds. The van der Waals surface area contributed by atoms with Gasteiger partial charge in [-0.3, -0.25) is 4.79 Å². The lowest BCUT2D eigenvalue weighted by molar-refractivity contribution is -0.134. The molecule has 1 unspecified atom stereocenters. The summed E-state index contributed by atoms with van der Waals surface area (Å²) in [5.41, 5.74) is 0.571. The zero-order valence-electron chi connectivity index (χ0n) is 12.2. The Balaban J connectivity index is 1.53. The van der Waals surface area contributed by atoms with Crippen molar-refractivity contribution in [1.82, 2.24) is 4.90 Å². The number of rotatable bonds is 4. The number of likely N-dealkylation sites (tertiary alicyclic amines) is 1. The summed E-state index contributed by atoms with van der Waals surface area (Å²) in [5.74, 6) is 0.0312. The molecular weight excluding hydrogens is 272 g/mol. The number of benzene rings is 1. The molecule has 0 bridgehead atoms. The van der Waals surface area contributed by atoms with Crippen LogP contribution in [0.4, 0.5) is 8.78 Å². The molecule has 114 valence electrons. The van der Waals surface area contributed by atoms with E-state index in [0.717, 1.165) is 51.3 Å². The van der Waals surface area contributed by atoms with E-state index in [1.165, 1.54) is 12.1 Å². The van der Waals surface area contributed by atoms with Crippen LogP contribution in [-0.4, -0.2) is 23.9 Å². The Morgan fingerprint density at radius 3 is 2.76 bits per heavy atom. The van der Waals surface area contributed by atoms with Gasteiger partial charge in [0.25, 0.3) is 0 Å². The Morgan fingerprint density at radius 2 is 2.05 bits per heavy atom. The van der Waals surface area contributed by atoms with Gasteiger partial charge in [0, 0.05) is 25.1 Å². The molecule has 0 spiro atoms. The molecule has 0 N–H and O–H groups in total. The minimum atomic E-state index is -0.532. The van der Waals surface area contributed by atoms with Gasteiger partial charge in [-0.15, -0.1) is 0 Å². The number of carbonyl (C=O) groups excluding carboxylic acids is 1. The zero-order valence-corrected chi connectivity index (χ0v) is 12.2. The maximum Gasteiger partial charge on any atom is 0.225 e. The third-order valence-electron chi connectivity index (χ3n) is 4.59. The number of hydrogen-bond donors (Lipinski definition) is 0. The van der Waals surface area contributed by atoms with E-state index in [4.69, 9.17) is 0 Å². The van der Waals surface area contributed by atoms with Crippen LogP contribution < -0.4 is 0 Å². The Hall–Kier alpha value is -1.45. The van der Waals surface area contributed by atoms with Crippen molar-refractivity contribution in [2.75, 3.05) is 13.1 Å². The van der Waals surface area contributed by atoms with Gasteiger partial charge in [0.2, 0.25) is 5.91 Å². The highest BCUT2D eigenvalue weighted by Crippen LogP contribution is 2.33. The van der Waals surface area contributed by atoms with Crippen LogP contribution in [0.25, 0.3) is 0 Å². The second kappa shape index (κ2) is 6.12. The van der Waals surface area contributed by atoms with Gasteiger partial charge in [0.05, 0.1) is 0 Å². The van der Waals surface area contributed by atoms with E-state index >= 15 is 0 Å². The molecule has 2 aliphatic rings. The van der Waals surface area contributed by atoms with Gasteiger partial charge < -0.3 is 4.90 Å². The lowest BCUT2D eigenvalue weighted by Gasteiger charge is -2.33. The SMILES string of the molecule is O=C(C1CC1)N1CCCC(CCc2ccc(F)cc2F)C1. The molecule has 0 aromatic heterocycles. The predicted octanol–water partition coefficient (Wildman–Crippen LogP) is 3.55. The van der Waals surface area contributed by atoms with Gasteiger partial charge in [0.1, 0.15) is 11.6 Å². The van der Waals surface area contributed by atoms with E-state index in [-0.39, 0.29) is 5.92 Å². The minimum Gasteiger partial charge on any atom is -0.342 e. The molecule has 1 aromatic rings. The van der Waals surface area contributed by atoms with Gasteiger partial charge in [-0.05, 0) is 56.1 Å². The quantitative estimate of drug-likeness (QED) is 0.831. The molecule has 4 heteroatoms. The highest BCUT2D eigenvalue weighted by atomic mass is 19.1. The summed E-state index contributed by atoms with van der Waals surface area (Å²) in [6.45, 7) is 1.68. The van der Waals surface area contributed by atoms with Crippen molar-refractivity contribution < 1.29 is 13.6 Å². The summed E-state index contributed by atoms with van der Waals surface area (Å²) >= 11 is 0. The fourth-order valence-electron chi connectivity index (χ4n) is 3.17. The molecule has 1 heterocycles. The van der Waals surface area contributed by atoms with E-state index in [0.29, 0.717) is 23.8 Å². The van der Waals surface area contributed by atoms with Crippen molar-refractivity contribution in [3.63, 3.8) is 0 Å². The van der Waals surface area contributed by atoms with Crippen LogP contribution in [0.15, 0.2) is 18.2 Å². The molecule has 21 heavy (non-hydrogen) atoms. The number of carbonyl (C=O) groups is 1. The van der Waals surface area contributed by atoms with Crippen LogP contribution in [0.3, 0.4) is 0 Å². The molecule has 1 saturated carbocycles. The monoisotopic (exact) mass is 293 g/mol. The summed E-state index contributed by atoms with van der Waals surface area (Å²) < 4.78 is 26.5. The minimum absolute atomic E-state index is 0.276. The fourth-order valence-corrected chi connectivity index (χ4v) is 3.17. The molecule has 2 nitrogen and oxygen atoms in total. The molecule has 1 atom stereocenters. The standard InChI is InChI=1S/C17H21F2NO/c18-15-8-7-13(16(19)10-15)4-3-12-2-1-9-20(11-12)17(21)14-5-6-14/h7-8,10,12,14H,1-6,9,11H2. The molecular formula is C17H21F2NO. The maximum atomic E-state index is 13.6. The first-order valence-electron chi connectivity index (χ1n) is 7.86. The lowest BCUT2D eigenvalue weighted by Crippen LogP contribution is -2.40. The first-order chi connectivity index (χ1) is 10.1. The van der Waals surface area contributed by atoms with Crippen LogP contribution in [0.5, 0.6) is 0 Å². The van der Waals surface area contributed by atoms with Crippen molar-refractivity contribution in [2.45, 2.75) is 38.5 Å². The maximum absolute atomic E-state index is 13.6. The fraction of sp³-hybridized carbons (Fsp3) is 0.588. The summed E-state index contributed by atoms with van der Waals surface area (Å²) in [5, 5.41) is 0. The summed E-state index contributed by atoms with van der Waals surface area (Å²) in [7, 11) is 0. The Morgan fingerprint density at radius 1 is 1.24 bits per heavy atom. The van der Waals surface area contributed by atoms with Crippen LogP contribution in [0.1, 0.15) is 37.7 Å². The van der Waals surface area contributed by atoms with Crippen LogP contribution in [-0.2, 0) is 11.2 Å². The Labute approximate surface area is 124 Å². The van der Waals surface area contributed by atoms with Gasteiger partial charge in [0.15, 0.2) is 0 Å². The van der Waals surface area contributed by atoms with Gasteiger partial charge in [-0.2, -0.15) is 0 Å². The summed E-state index contributed by atoms with van der Waals surface area (Å²) in [4.78, 5) is 14.1. The second-order valence-electron chi connectivity index (χ2n) is 6.34. The van der Waals surface area contributed by atoms with E-state index in [2.05, 4.69) is 0 Å². The number of nitrogens with zero attached hydrogens (tertiary/aromatic N) is 1. The van der Waals surface area contributed by atoms with Crippen molar-refractivity contribution >= 4 is 5.91 Å². The van der Waals surface area contributed by atoms with Crippen molar-refractivity contribution in [3.05, 3.63) is 35.4 Å². The number of piperidine rings is 1. The van der Waals surface area contributed by atoms with Gasteiger partial charge >= 0.3 is 0 Å². The third-order valence-corrected chi connectivity index (χ3v) is 4.59. The average Bonchev–Trinajstić information content (AvgIpc) is 3.30. The first-order valence-corrected chi connectivity index (χ1v) is 7.86. The molecule has 0 radical (unpaired) electrons. The summed E-state index contributed by atoms with van der Waals surface area (Å²) in [6.07, 6.45) is 5.69. The molecule has 1 aromatic carbocycles. The molecule has 1 aliphatic carbocycles. The number of amides is 1. The largest absolute Gasteiger partial charge is 0.342 e. The van der Waals surface area contributed by atoms with Crippen LogP contribution >= 0.6 is 0 Å². The normalized spacial score (nSPS) is 22.4. The van der Waals surface area contributed by atoms with E-state index in [9.17, 15) is 13.6 Å². The number of aryl methyl sites for hydroxylation is 1. The van der Waals surface area contributed by atoms with Gasteiger partial charge in [-0.25, -0.2) is 8.78 Å². The van der Waals surface area contributed by atoms with Gasteiger partial charge in [-0.1, -0.05) is 6.07 Å². The molecule has 1 saturated heterocycles. The predicted molar refractivity (Wildman–Crippen MR) is 76.7 cm³/mol. The highest BCUT2D eigenvalue weighted by molar-refractivity contribution is 5.81. The number of hydrogen-bond acceptors (Lipinski definition) is 1. The highest BCUT2D eigenvalue weighted by Gasteiger charge is 2.35. The van der Waals surface area contributed by atoms with E-state index in [1.807, 2.05) is 4.90 Å². The van der Waals surface area contributed by atoms with Crippen molar-refractivity contribution in [1.29, 1.82) is 0 Å². The topological polar surface area (TPSA) is 20.3 Å². The third kappa shape index (κ3) is 3.60. The Bertz CT molecular complexity index is 528. The molecule has 3 rings (SSSR count). The summed E-state index contributed by atoms with van der Waals surface area (Å²) in [6, 6.07) is 3.78. The average molecular weight is 293 g/mol. The van der Waals surface area contributed by atoms with Crippen LogP contribution in [0, 0.1) is 23.5 Å². The van der Waals surface area contributed by atoms with Crippen LogP contribution in [0.2, 0.25) is 0 Å². The zero-order chi connectivity index (χ0) is 14.8. The van der Waals surface area contributed by atoms with Crippen molar-refractivity contribution in [3.8, 4) is 0 Å². The molecule has 2 fully saturated rings. The molecule has 1 aliphatic heterocycles. The smallest absolute Gasteiger partial charge is 0.225 e. The Kier molecular flexibility index (Phi) is 4.22. The van der Waals surface area contributed by atoms with E-state index < -0.39 is 11.6 Å². The first kappa shape index (κ1) is 14.5. The lowest BCUT2D eigenvalue weighted by atomic mass is 9.91. The second-order valence-corrected chi connectivity index (χ2v) is 6.34. The van der Waals surface area contributed by atoms with E-state index in [1.54, 1.807) is 0 Å². The number of halogens is 2.